The summed E-state index contributed by atoms with van der Waals surface area (Å²) in [6.45, 7) is 1.43. The first-order chi connectivity index (χ1) is 26.4. The summed E-state index contributed by atoms with van der Waals surface area (Å²) in [5.74, 6) is 0. The maximum absolute atomic E-state index is 8.56. The summed E-state index contributed by atoms with van der Waals surface area (Å²) in [7, 11) is 0. The maximum Gasteiger partial charge on any atom is 0.128 e. The first-order valence-electron chi connectivity index (χ1n) is 19.7. The molecule has 8 aromatic rings. The van der Waals surface area contributed by atoms with E-state index in [1.54, 1.807) is 18.3 Å². The van der Waals surface area contributed by atoms with E-state index in [-0.39, 0.29) is 31.2 Å². The van der Waals surface area contributed by atoms with E-state index in [0.717, 1.165) is 55.1 Å². The van der Waals surface area contributed by atoms with Gasteiger partial charge in [-0.25, -0.2) is 0 Å². The third-order valence-corrected chi connectivity index (χ3v) is 7.93. The van der Waals surface area contributed by atoms with Gasteiger partial charge in [-0.1, -0.05) is 117 Å². The van der Waals surface area contributed by atoms with Gasteiger partial charge in [-0.05, 0) is 63.7 Å². The monoisotopic (exact) mass is 823 g/mol. The van der Waals surface area contributed by atoms with Crippen LogP contribution in [0.2, 0.25) is 0 Å². The Morgan fingerprint density at radius 3 is 2.24 bits per heavy atom. The van der Waals surface area contributed by atoms with Crippen molar-refractivity contribution in [3.8, 4) is 33.6 Å². The molecule has 1 radical (unpaired) electrons. The van der Waals surface area contributed by atoms with Gasteiger partial charge in [0.1, 0.15) is 5.58 Å². The van der Waals surface area contributed by atoms with Gasteiger partial charge in [-0.2, -0.15) is 0 Å². The predicted molar refractivity (Wildman–Crippen MR) is 200 cm³/mol. The fourth-order valence-corrected chi connectivity index (χ4v) is 5.72. The van der Waals surface area contributed by atoms with Crippen LogP contribution in [0.1, 0.15) is 48.4 Å². The van der Waals surface area contributed by atoms with Gasteiger partial charge in [-0.3, -0.25) is 0 Å². The van der Waals surface area contributed by atoms with Crippen molar-refractivity contribution in [2.75, 3.05) is 0 Å². The summed E-state index contributed by atoms with van der Waals surface area (Å²) >= 11 is 0. The molecule has 0 fully saturated rings. The molecule has 0 N–H and O–H groups in total. The number of aromatic nitrogens is 2. The molecule has 0 unspecified atom stereocenters. The van der Waals surface area contributed by atoms with Crippen molar-refractivity contribution in [3.63, 3.8) is 0 Å². The topological polar surface area (TPSA) is 38.9 Å². The van der Waals surface area contributed by atoms with E-state index in [2.05, 4.69) is 46.4 Å². The van der Waals surface area contributed by atoms with Crippen LogP contribution in [-0.2, 0) is 26.5 Å². The molecular weight excluding hydrogens is 777 g/mol. The van der Waals surface area contributed by atoms with Crippen molar-refractivity contribution in [1.29, 1.82) is 0 Å². The molecule has 49 heavy (non-hydrogen) atoms. The molecule has 0 saturated heterocycles. The molecule has 245 valence electrons. The van der Waals surface area contributed by atoms with E-state index >= 15 is 0 Å². The zero-order valence-electron chi connectivity index (χ0n) is 35.3. The maximum atomic E-state index is 8.56. The first-order valence-corrected chi connectivity index (χ1v) is 15.7. The van der Waals surface area contributed by atoms with Crippen molar-refractivity contribution in [2.45, 2.75) is 40.8 Å². The number of hydrogen-bond acceptors (Lipinski definition) is 3. The van der Waals surface area contributed by atoms with E-state index in [0.29, 0.717) is 16.8 Å². The van der Waals surface area contributed by atoms with Crippen LogP contribution in [0, 0.1) is 31.3 Å². The Morgan fingerprint density at radius 2 is 1.51 bits per heavy atom. The average molecular weight is 823 g/mol. The van der Waals surface area contributed by atoms with Crippen LogP contribution in [0.3, 0.4) is 0 Å². The number of hydrogen-bond donors (Lipinski definition) is 0. The Bertz CT molecular complexity index is 2610. The van der Waals surface area contributed by atoms with Crippen LogP contribution in [-0.4, -0.2) is 9.97 Å². The summed E-state index contributed by atoms with van der Waals surface area (Å²) in [6.07, 6.45) is 1.68. The number of benzene rings is 5. The van der Waals surface area contributed by atoms with Crippen LogP contribution >= 0.6 is 0 Å². The third kappa shape index (κ3) is 7.57. The van der Waals surface area contributed by atoms with Gasteiger partial charge in [0.05, 0.1) is 5.58 Å². The number of nitrogens with zero attached hydrogens (tertiary/aromatic N) is 2. The summed E-state index contributed by atoms with van der Waals surface area (Å²) in [4.78, 5) is 8.73. The molecule has 4 heteroatoms. The number of aryl methyl sites for hydroxylation is 2. The van der Waals surface area contributed by atoms with Crippen LogP contribution in [0.4, 0.5) is 0 Å². The normalized spacial score (nSPS) is 14.5. The first kappa shape index (κ1) is 25.1. The molecule has 0 saturated carbocycles. The summed E-state index contributed by atoms with van der Waals surface area (Å²) < 4.78 is 67.2. The largest absolute Gasteiger partial charge is 0.500 e. The molecule has 0 aliphatic carbocycles. The van der Waals surface area contributed by atoms with Gasteiger partial charge < -0.3 is 14.4 Å². The van der Waals surface area contributed by atoms with Gasteiger partial charge in [0.2, 0.25) is 0 Å². The molecule has 0 atom stereocenters. The standard InChI is InChI=1S/C32H26NO.C13H12N.Ir/c1-32(2,3)20-21-11-13-22(14-12-21)24-17-18-33-29(19-24)28-10-6-9-26-27-16-15-23-7-4-5-8-25(23)30(27)34-31(26)28;1-10-3-6-12(7-4-10)13-8-5-11(2)9-14-13;/h4-9,11-19H,20H2,1-3H3;3-6,8-9H,1-2H3;/q2*-1;/i20D2;1D3,2D3;. The van der Waals surface area contributed by atoms with Gasteiger partial charge in [0.25, 0.3) is 0 Å². The molecule has 0 amide bonds. The summed E-state index contributed by atoms with van der Waals surface area (Å²) in [5.41, 5.74) is 7.03. The van der Waals surface area contributed by atoms with Crippen LogP contribution in [0.5, 0.6) is 0 Å². The molecular formula is C45H38IrN2O-2. The predicted octanol–water partition coefficient (Wildman–Crippen LogP) is 12.0. The molecule has 0 bridgehead atoms. The van der Waals surface area contributed by atoms with Crippen molar-refractivity contribution in [3.05, 3.63) is 156 Å². The van der Waals surface area contributed by atoms with Crippen LogP contribution in [0.15, 0.2) is 132 Å². The smallest absolute Gasteiger partial charge is 0.128 e. The van der Waals surface area contributed by atoms with E-state index in [4.69, 9.17) is 15.4 Å². The Hall–Kier alpha value is -4.89. The van der Waals surface area contributed by atoms with Gasteiger partial charge in [0, 0.05) is 54.2 Å². The Balaban J connectivity index is 0.000000223. The SMILES string of the molecule is [2H]C([2H])([2H])c1c[c-]c(-c2ccc(C([2H])([2H])[2H])cn2)cc1.[2H]C([2H])(c1ccc(-c2ccnc(-c3[c-]ccc4c3oc3c5ccccc5ccc43)c2)cc1)C(C)(C)C.[Ir]. The molecule has 3 nitrogen and oxygen atoms in total. The van der Waals surface area contributed by atoms with E-state index in [1.165, 1.54) is 24.4 Å². The van der Waals surface area contributed by atoms with Crippen LogP contribution in [0.25, 0.3) is 66.4 Å². The number of pyridine rings is 2. The van der Waals surface area contributed by atoms with E-state index < -0.39 is 25.5 Å². The second-order valence-corrected chi connectivity index (χ2v) is 12.7. The molecule has 3 heterocycles. The van der Waals surface area contributed by atoms with Gasteiger partial charge in [-0.15, -0.1) is 53.6 Å². The fourth-order valence-electron chi connectivity index (χ4n) is 5.72. The zero-order valence-corrected chi connectivity index (χ0v) is 29.7. The molecule has 3 aromatic heterocycles. The Morgan fingerprint density at radius 1 is 0.714 bits per heavy atom. The zero-order chi connectivity index (χ0) is 40.0. The second-order valence-electron chi connectivity index (χ2n) is 12.7. The van der Waals surface area contributed by atoms with Gasteiger partial charge >= 0.3 is 0 Å². The summed E-state index contributed by atoms with van der Waals surface area (Å²) in [5, 5.41) is 4.37. The molecule has 8 rings (SSSR count). The molecule has 0 spiro atoms. The fraction of sp³-hybridized carbons (Fsp3) is 0.156. The molecule has 0 aliphatic rings. The van der Waals surface area contributed by atoms with Crippen molar-refractivity contribution < 1.29 is 35.5 Å². The average Bonchev–Trinajstić information content (AvgIpc) is 3.57. The molecule has 0 aliphatic heterocycles. The van der Waals surface area contributed by atoms with Crippen molar-refractivity contribution >= 4 is 32.7 Å². The van der Waals surface area contributed by atoms with Crippen LogP contribution < -0.4 is 0 Å². The number of fused-ring (bicyclic) bond motifs is 5. The van der Waals surface area contributed by atoms with Crippen molar-refractivity contribution in [2.24, 2.45) is 5.41 Å². The van der Waals surface area contributed by atoms with Gasteiger partial charge in [0.15, 0.2) is 0 Å². The van der Waals surface area contributed by atoms with E-state index in [9.17, 15) is 0 Å². The van der Waals surface area contributed by atoms with E-state index in [1.807, 2.05) is 81.4 Å². The number of furan rings is 1. The minimum absolute atomic E-state index is 0. The number of rotatable bonds is 4. The van der Waals surface area contributed by atoms with Crippen molar-refractivity contribution in [1.82, 2.24) is 9.97 Å². The Kier molecular flexibility index (Phi) is 7.34. The second kappa shape index (κ2) is 14.3. The molecule has 5 aromatic carbocycles. The Labute approximate surface area is 313 Å². The summed E-state index contributed by atoms with van der Waals surface area (Å²) in [6, 6.07) is 42.0. The quantitative estimate of drug-likeness (QED) is 0.166. The third-order valence-electron chi connectivity index (χ3n) is 7.93. The minimum atomic E-state index is -2.18. The minimum Gasteiger partial charge on any atom is -0.500 e.